The maximum absolute atomic E-state index is 12.0. The van der Waals surface area contributed by atoms with Crippen LogP contribution in [0.1, 0.15) is 12.5 Å². The smallest absolute Gasteiger partial charge is 0.253 e. The highest BCUT2D eigenvalue weighted by atomic mass is 35.5. The van der Waals surface area contributed by atoms with Gasteiger partial charge in [0, 0.05) is 6.08 Å². The Labute approximate surface area is 112 Å². The van der Waals surface area contributed by atoms with Gasteiger partial charge >= 0.3 is 0 Å². The molecule has 1 aliphatic rings. The van der Waals surface area contributed by atoms with E-state index in [1.54, 1.807) is 6.92 Å². The quantitative estimate of drug-likeness (QED) is 0.820. The second-order valence-electron chi connectivity index (χ2n) is 4.33. The van der Waals surface area contributed by atoms with E-state index in [0.717, 1.165) is 5.56 Å². The van der Waals surface area contributed by atoms with Crippen LogP contribution in [0.5, 0.6) is 0 Å². The summed E-state index contributed by atoms with van der Waals surface area (Å²) >= 11 is 0. The van der Waals surface area contributed by atoms with Crippen LogP contribution in [-0.4, -0.2) is 22.3 Å². The van der Waals surface area contributed by atoms with Crippen LogP contribution >= 0.6 is 12.4 Å². The van der Waals surface area contributed by atoms with Crippen LogP contribution in [0.25, 0.3) is 0 Å². The Morgan fingerprint density at radius 1 is 1.22 bits per heavy atom. The molecule has 5 heteroatoms. The van der Waals surface area contributed by atoms with Crippen LogP contribution in [0.4, 0.5) is 0 Å². The lowest BCUT2D eigenvalue weighted by atomic mass is 9.97. The Kier molecular flexibility index (Phi) is 4.27. The fraction of sp³-hybridized carbons (Fsp3) is 0.231. The van der Waals surface area contributed by atoms with E-state index in [9.17, 15) is 9.59 Å². The molecule has 96 valence electrons. The molecule has 0 saturated carbocycles. The zero-order valence-electron chi connectivity index (χ0n) is 10.00. The van der Waals surface area contributed by atoms with Gasteiger partial charge in [0.05, 0.1) is 6.54 Å². The Morgan fingerprint density at radius 2 is 1.83 bits per heavy atom. The number of hydrogen-bond acceptors (Lipinski definition) is 3. The number of nitrogens with zero attached hydrogens (tertiary/aromatic N) is 1. The lowest BCUT2D eigenvalue weighted by molar-refractivity contribution is -0.146. The van der Waals surface area contributed by atoms with E-state index >= 15 is 0 Å². The van der Waals surface area contributed by atoms with Crippen molar-refractivity contribution in [3.05, 3.63) is 48.0 Å². The van der Waals surface area contributed by atoms with E-state index in [0.29, 0.717) is 0 Å². The molecule has 1 aromatic carbocycles. The molecule has 2 amide bonds. The first-order valence-electron chi connectivity index (χ1n) is 5.39. The van der Waals surface area contributed by atoms with E-state index in [2.05, 4.69) is 0 Å². The van der Waals surface area contributed by atoms with Crippen molar-refractivity contribution in [3.63, 3.8) is 0 Å². The number of hydrogen-bond donors (Lipinski definition) is 1. The van der Waals surface area contributed by atoms with Gasteiger partial charge in [-0.25, -0.2) is 0 Å². The lowest BCUT2D eigenvalue weighted by Crippen LogP contribution is -2.55. The van der Waals surface area contributed by atoms with Gasteiger partial charge in [-0.15, -0.1) is 12.4 Å². The van der Waals surface area contributed by atoms with Crippen LogP contribution in [0.15, 0.2) is 42.5 Å². The molecule has 1 aromatic rings. The van der Waals surface area contributed by atoms with Gasteiger partial charge in [-0.3, -0.25) is 14.5 Å². The van der Waals surface area contributed by atoms with Crippen molar-refractivity contribution in [2.75, 3.05) is 0 Å². The van der Waals surface area contributed by atoms with Crippen molar-refractivity contribution >= 4 is 24.2 Å². The summed E-state index contributed by atoms with van der Waals surface area (Å²) in [6, 6.07) is 9.35. The first-order valence-corrected chi connectivity index (χ1v) is 5.39. The summed E-state index contributed by atoms with van der Waals surface area (Å²) in [6.07, 6.45) is 2.80. The van der Waals surface area contributed by atoms with E-state index in [-0.39, 0.29) is 30.8 Å². The normalized spacial score (nSPS) is 22.9. The molecule has 0 aromatic heterocycles. The van der Waals surface area contributed by atoms with E-state index < -0.39 is 5.54 Å². The standard InChI is InChI=1S/C13H14N2O2.ClH/c1-13(14)8-7-11(16)15(12(13)17)9-10-5-3-2-4-6-10;/h2-8H,9,14H2,1H3;1H/t13-;/m0./s1. The summed E-state index contributed by atoms with van der Waals surface area (Å²) in [5, 5.41) is 0. The van der Waals surface area contributed by atoms with Gasteiger partial charge in [0.2, 0.25) is 0 Å². The molecular formula is C13H15ClN2O2. The summed E-state index contributed by atoms with van der Waals surface area (Å²) in [5.41, 5.74) is 5.61. The number of amides is 2. The Morgan fingerprint density at radius 3 is 2.44 bits per heavy atom. The summed E-state index contributed by atoms with van der Waals surface area (Å²) in [5.74, 6) is -0.685. The minimum Gasteiger partial charge on any atom is -0.314 e. The van der Waals surface area contributed by atoms with Crippen molar-refractivity contribution in [1.82, 2.24) is 4.90 Å². The zero-order chi connectivity index (χ0) is 12.5. The lowest BCUT2D eigenvalue weighted by Gasteiger charge is -2.31. The molecule has 0 aliphatic carbocycles. The number of carbonyl (C=O) groups is 2. The summed E-state index contributed by atoms with van der Waals surface area (Å²) in [4.78, 5) is 24.8. The largest absolute Gasteiger partial charge is 0.314 e. The molecule has 2 rings (SSSR count). The van der Waals surface area contributed by atoms with Crippen molar-refractivity contribution in [2.24, 2.45) is 5.73 Å². The molecule has 18 heavy (non-hydrogen) atoms. The van der Waals surface area contributed by atoms with Crippen LogP contribution in [0.3, 0.4) is 0 Å². The highest BCUT2D eigenvalue weighted by Gasteiger charge is 2.36. The molecular weight excluding hydrogens is 252 g/mol. The van der Waals surface area contributed by atoms with Gasteiger partial charge in [0.15, 0.2) is 0 Å². The molecule has 4 nitrogen and oxygen atoms in total. The maximum atomic E-state index is 12.0. The molecule has 0 fully saturated rings. The first kappa shape index (κ1) is 14.4. The summed E-state index contributed by atoms with van der Waals surface area (Å²) in [6.45, 7) is 1.85. The van der Waals surface area contributed by atoms with Gasteiger partial charge < -0.3 is 5.73 Å². The Balaban J connectivity index is 0.00000162. The maximum Gasteiger partial charge on any atom is 0.253 e. The Bertz CT molecular complexity index is 483. The van der Waals surface area contributed by atoms with Gasteiger partial charge in [-0.05, 0) is 12.5 Å². The molecule has 1 heterocycles. The van der Waals surface area contributed by atoms with Crippen molar-refractivity contribution < 1.29 is 9.59 Å². The third-order valence-corrected chi connectivity index (χ3v) is 2.73. The minimum absolute atomic E-state index is 0. The molecule has 0 radical (unpaired) electrons. The van der Waals surface area contributed by atoms with Gasteiger partial charge in [0.1, 0.15) is 5.54 Å². The average molecular weight is 267 g/mol. The first-order chi connectivity index (χ1) is 8.00. The summed E-state index contributed by atoms with van der Waals surface area (Å²) < 4.78 is 0. The van der Waals surface area contributed by atoms with Gasteiger partial charge in [0.25, 0.3) is 11.8 Å². The van der Waals surface area contributed by atoms with Crippen molar-refractivity contribution in [3.8, 4) is 0 Å². The second-order valence-corrected chi connectivity index (χ2v) is 4.33. The highest BCUT2D eigenvalue weighted by molar-refractivity contribution is 6.08. The van der Waals surface area contributed by atoms with Crippen LogP contribution in [0, 0.1) is 0 Å². The van der Waals surface area contributed by atoms with Crippen molar-refractivity contribution in [2.45, 2.75) is 19.0 Å². The number of carbonyl (C=O) groups excluding carboxylic acids is 2. The number of imide groups is 1. The average Bonchev–Trinajstić information content (AvgIpc) is 2.32. The molecule has 0 bridgehead atoms. The molecule has 0 spiro atoms. The monoisotopic (exact) mass is 266 g/mol. The van der Waals surface area contributed by atoms with Crippen LogP contribution in [0.2, 0.25) is 0 Å². The number of benzene rings is 1. The number of nitrogens with two attached hydrogens (primary N) is 1. The van der Waals surface area contributed by atoms with Crippen LogP contribution < -0.4 is 5.73 Å². The third kappa shape index (κ3) is 2.78. The van der Waals surface area contributed by atoms with E-state index in [1.165, 1.54) is 17.1 Å². The fourth-order valence-electron chi connectivity index (χ4n) is 1.71. The third-order valence-electron chi connectivity index (χ3n) is 2.73. The topological polar surface area (TPSA) is 63.4 Å². The second kappa shape index (κ2) is 5.33. The molecule has 1 aliphatic heterocycles. The predicted molar refractivity (Wildman–Crippen MR) is 71.0 cm³/mol. The predicted octanol–water partition coefficient (Wildman–Crippen LogP) is 1.25. The molecule has 0 unspecified atom stereocenters. The number of halogens is 1. The van der Waals surface area contributed by atoms with Crippen LogP contribution in [-0.2, 0) is 16.1 Å². The van der Waals surface area contributed by atoms with Gasteiger partial charge in [-0.1, -0.05) is 36.4 Å². The van der Waals surface area contributed by atoms with Gasteiger partial charge in [-0.2, -0.15) is 0 Å². The molecule has 2 N–H and O–H groups in total. The number of rotatable bonds is 2. The highest BCUT2D eigenvalue weighted by Crippen LogP contribution is 2.17. The zero-order valence-corrected chi connectivity index (χ0v) is 10.8. The summed E-state index contributed by atoms with van der Waals surface area (Å²) in [7, 11) is 0. The minimum atomic E-state index is -1.09. The Hall–Kier alpha value is -1.65. The van der Waals surface area contributed by atoms with E-state index in [4.69, 9.17) is 5.73 Å². The SMILES string of the molecule is C[C@]1(N)C=CC(=O)N(Cc2ccccc2)C1=O.Cl. The molecule has 0 saturated heterocycles. The fourth-order valence-corrected chi connectivity index (χ4v) is 1.71. The van der Waals surface area contributed by atoms with Crippen molar-refractivity contribution in [1.29, 1.82) is 0 Å². The molecule has 1 atom stereocenters. The van der Waals surface area contributed by atoms with E-state index in [1.807, 2.05) is 30.3 Å².